The van der Waals surface area contributed by atoms with E-state index in [2.05, 4.69) is 14.4 Å². The summed E-state index contributed by atoms with van der Waals surface area (Å²) in [5.74, 6) is -0.945. The molecule has 0 saturated heterocycles. The lowest BCUT2D eigenvalue weighted by Gasteiger charge is -1.98. The molecule has 0 aliphatic rings. The van der Waals surface area contributed by atoms with E-state index in [1.54, 1.807) is 5.32 Å². The normalized spacial score (nSPS) is 10.1. The van der Waals surface area contributed by atoms with Gasteiger partial charge in [-0.25, -0.2) is 9.78 Å². The van der Waals surface area contributed by atoms with Crippen LogP contribution in [0.25, 0.3) is 11.1 Å². The molecule has 2 rings (SSSR count). The van der Waals surface area contributed by atoms with E-state index in [1.807, 2.05) is 0 Å². The Morgan fingerprint density at radius 3 is 2.94 bits per heavy atom. The highest BCUT2D eigenvalue weighted by Crippen LogP contribution is 2.04. The van der Waals surface area contributed by atoms with Gasteiger partial charge in [0.25, 0.3) is 11.5 Å². The summed E-state index contributed by atoms with van der Waals surface area (Å²) in [6, 6.07) is 1.02. The molecule has 0 bridgehead atoms. The van der Waals surface area contributed by atoms with Gasteiger partial charge >= 0.3 is 5.63 Å². The van der Waals surface area contributed by atoms with Crippen molar-refractivity contribution >= 4 is 23.4 Å². The van der Waals surface area contributed by atoms with Crippen LogP contribution in [0.15, 0.2) is 26.4 Å². The Morgan fingerprint density at radius 2 is 2.24 bits per heavy atom. The first kappa shape index (κ1) is 10.7. The molecule has 17 heavy (non-hydrogen) atoms. The minimum Gasteiger partial charge on any atom is -0.403 e. The lowest BCUT2D eigenvalue weighted by Crippen LogP contribution is -2.27. The summed E-state index contributed by atoms with van der Waals surface area (Å²) in [5, 5.41) is 1.72. The summed E-state index contributed by atoms with van der Waals surface area (Å²) in [6.07, 6.45) is 1.19. The van der Waals surface area contributed by atoms with Crippen molar-refractivity contribution in [3.63, 3.8) is 0 Å². The molecule has 0 unspecified atom stereocenters. The Kier molecular flexibility index (Phi) is 2.53. The average Bonchev–Trinajstić information content (AvgIpc) is 2.29. The Bertz CT molecular complexity index is 714. The van der Waals surface area contributed by atoms with Gasteiger partial charge in [0.05, 0.1) is 6.33 Å². The molecule has 0 saturated carbocycles. The second-order valence-corrected chi connectivity index (χ2v) is 2.99. The lowest BCUT2D eigenvalue weighted by molar-refractivity contribution is -0.108. The van der Waals surface area contributed by atoms with E-state index in [4.69, 9.17) is 0 Å². The largest absolute Gasteiger partial charge is 0.403 e. The van der Waals surface area contributed by atoms with E-state index in [0.29, 0.717) is 0 Å². The summed E-state index contributed by atoms with van der Waals surface area (Å²) in [5.41, 5.74) is -2.15. The van der Waals surface area contributed by atoms with Gasteiger partial charge in [-0.3, -0.25) is 19.7 Å². The number of carbonyl (C=O) groups is 2. The maximum Gasteiger partial charge on any atom is 0.350 e. The zero-order chi connectivity index (χ0) is 12.4. The van der Waals surface area contributed by atoms with E-state index >= 15 is 0 Å². The van der Waals surface area contributed by atoms with E-state index in [1.165, 1.54) is 0 Å². The molecule has 2 amide bonds. The Hall–Kier alpha value is -2.77. The smallest absolute Gasteiger partial charge is 0.350 e. The molecule has 86 valence electrons. The number of hydrogen-bond donors (Lipinski definition) is 2. The molecule has 0 aliphatic heterocycles. The third kappa shape index (κ3) is 1.83. The number of aromatic nitrogens is 2. The molecule has 0 atom stereocenters. The molecule has 2 N–H and O–H groups in total. The van der Waals surface area contributed by atoms with Crippen molar-refractivity contribution in [1.29, 1.82) is 0 Å². The fourth-order valence-corrected chi connectivity index (χ4v) is 1.24. The fraction of sp³-hybridized carbons (Fsp3) is 0. The molecule has 0 fully saturated rings. The summed E-state index contributed by atoms with van der Waals surface area (Å²) < 4.78 is 4.68. The molecule has 0 aromatic carbocycles. The number of fused-ring (bicyclic) bond motifs is 1. The predicted octanol–water partition coefficient (Wildman–Crippen LogP) is -1.24. The molecule has 8 nitrogen and oxygen atoms in total. The van der Waals surface area contributed by atoms with Crippen molar-refractivity contribution in [1.82, 2.24) is 15.3 Å². The van der Waals surface area contributed by atoms with Gasteiger partial charge in [0.1, 0.15) is 10.9 Å². The highest BCUT2D eigenvalue weighted by Gasteiger charge is 2.14. The van der Waals surface area contributed by atoms with E-state index in [0.717, 1.165) is 12.4 Å². The molecular weight excluding hydrogens is 230 g/mol. The standard InChI is InChI=1S/C9H5N3O5/c13-3-12-7(15)5-1-4-6(14)10-2-11-8(4)17-9(5)16/h1-3H,(H,10,11,14)(H,12,13,15). The van der Waals surface area contributed by atoms with Gasteiger partial charge in [0, 0.05) is 0 Å². The van der Waals surface area contributed by atoms with Gasteiger partial charge in [0.2, 0.25) is 12.1 Å². The Balaban J connectivity index is 2.74. The van der Waals surface area contributed by atoms with Crippen LogP contribution < -0.4 is 16.5 Å². The SMILES string of the molecule is O=CNC(=O)c1cc2c(=O)[nH]cnc2oc1=O. The van der Waals surface area contributed by atoms with Crippen LogP contribution in [-0.4, -0.2) is 22.3 Å². The third-order valence-corrected chi connectivity index (χ3v) is 1.99. The molecule has 0 radical (unpaired) electrons. The van der Waals surface area contributed by atoms with Gasteiger partial charge in [-0.15, -0.1) is 0 Å². The Morgan fingerprint density at radius 1 is 1.47 bits per heavy atom. The molecule has 2 aromatic heterocycles. The van der Waals surface area contributed by atoms with Crippen LogP contribution in [0.5, 0.6) is 0 Å². The fourth-order valence-electron chi connectivity index (χ4n) is 1.24. The van der Waals surface area contributed by atoms with Crippen LogP contribution in [0.1, 0.15) is 10.4 Å². The van der Waals surface area contributed by atoms with Gasteiger partial charge < -0.3 is 9.40 Å². The van der Waals surface area contributed by atoms with Crippen LogP contribution >= 0.6 is 0 Å². The average molecular weight is 235 g/mol. The number of H-pyrrole nitrogens is 1. The number of nitrogens with one attached hydrogen (secondary N) is 2. The monoisotopic (exact) mass is 235 g/mol. The van der Waals surface area contributed by atoms with Crippen molar-refractivity contribution in [2.75, 3.05) is 0 Å². The zero-order valence-electron chi connectivity index (χ0n) is 8.22. The second kappa shape index (κ2) is 4.00. The van der Waals surface area contributed by atoms with Gasteiger partial charge in [-0.05, 0) is 6.07 Å². The minimum atomic E-state index is -0.977. The van der Waals surface area contributed by atoms with Crippen LogP contribution in [0, 0.1) is 0 Å². The number of nitrogens with zero attached hydrogens (tertiary/aromatic N) is 1. The first-order chi connectivity index (χ1) is 8.13. The van der Waals surface area contributed by atoms with E-state index in [-0.39, 0.29) is 17.5 Å². The third-order valence-electron chi connectivity index (χ3n) is 1.99. The molecular formula is C9H5N3O5. The zero-order valence-corrected chi connectivity index (χ0v) is 8.22. The molecule has 2 aromatic rings. The maximum absolute atomic E-state index is 11.4. The number of amides is 2. The molecule has 0 spiro atoms. The van der Waals surface area contributed by atoms with Crippen LogP contribution in [0.2, 0.25) is 0 Å². The highest BCUT2D eigenvalue weighted by molar-refractivity contribution is 6.00. The molecule has 0 aliphatic carbocycles. The summed E-state index contributed by atoms with van der Waals surface area (Å²) in [7, 11) is 0. The topological polar surface area (TPSA) is 122 Å². The number of rotatable bonds is 2. The predicted molar refractivity (Wildman–Crippen MR) is 54.4 cm³/mol. The quantitative estimate of drug-likeness (QED) is 0.628. The van der Waals surface area contributed by atoms with Crippen LogP contribution in [0.4, 0.5) is 0 Å². The van der Waals surface area contributed by atoms with Crippen molar-refractivity contribution < 1.29 is 14.0 Å². The summed E-state index contributed by atoms with van der Waals surface area (Å²) in [4.78, 5) is 50.0. The van der Waals surface area contributed by atoms with Crippen LogP contribution in [-0.2, 0) is 4.79 Å². The minimum absolute atomic E-state index is 0.0526. The first-order valence-electron chi connectivity index (χ1n) is 4.39. The Labute approximate surface area is 92.3 Å². The first-order valence-corrected chi connectivity index (χ1v) is 4.39. The maximum atomic E-state index is 11.4. The number of hydrogen-bond acceptors (Lipinski definition) is 6. The number of imide groups is 1. The molecule has 2 heterocycles. The van der Waals surface area contributed by atoms with Crippen molar-refractivity contribution in [2.24, 2.45) is 0 Å². The van der Waals surface area contributed by atoms with Crippen molar-refractivity contribution in [3.8, 4) is 0 Å². The molecule has 8 heteroatoms. The summed E-state index contributed by atoms with van der Waals surface area (Å²) in [6.45, 7) is 0. The van der Waals surface area contributed by atoms with Gasteiger partial charge in [-0.1, -0.05) is 0 Å². The lowest BCUT2D eigenvalue weighted by atomic mass is 10.2. The second-order valence-electron chi connectivity index (χ2n) is 2.99. The van der Waals surface area contributed by atoms with Gasteiger partial charge in [-0.2, -0.15) is 0 Å². The van der Waals surface area contributed by atoms with E-state index < -0.39 is 22.7 Å². The van der Waals surface area contributed by atoms with Gasteiger partial charge in [0.15, 0.2) is 0 Å². The van der Waals surface area contributed by atoms with Crippen molar-refractivity contribution in [3.05, 3.63) is 38.7 Å². The summed E-state index contributed by atoms with van der Waals surface area (Å²) >= 11 is 0. The number of aromatic amines is 1. The van der Waals surface area contributed by atoms with Crippen molar-refractivity contribution in [2.45, 2.75) is 0 Å². The van der Waals surface area contributed by atoms with E-state index in [9.17, 15) is 19.2 Å². The van der Waals surface area contributed by atoms with Crippen LogP contribution in [0.3, 0.4) is 0 Å². The highest BCUT2D eigenvalue weighted by atomic mass is 16.4. The number of carbonyl (C=O) groups excluding carboxylic acids is 2.